The first kappa shape index (κ1) is 25.1. The summed E-state index contributed by atoms with van der Waals surface area (Å²) in [6, 6.07) is 0. The van der Waals surface area contributed by atoms with Gasteiger partial charge in [0.25, 0.3) is 0 Å². The number of hydrogen-bond donors (Lipinski definition) is 3. The molecule has 3 fully saturated rings. The number of allylic oxidation sites excluding steroid dienone is 4. The minimum absolute atomic E-state index is 0. The normalized spacial score (nSPS) is 39.2. The van der Waals surface area contributed by atoms with E-state index in [1.165, 1.54) is 32.1 Å². The lowest BCUT2D eigenvalue weighted by Gasteiger charge is -2.44. The molecular weight excluding hydrogens is 372 g/mol. The van der Waals surface area contributed by atoms with Crippen molar-refractivity contribution in [3.05, 3.63) is 47.6 Å². The summed E-state index contributed by atoms with van der Waals surface area (Å²) < 4.78 is 0. The van der Waals surface area contributed by atoms with Gasteiger partial charge in [-0.2, -0.15) is 0 Å². The average molecular weight is 417 g/mol. The summed E-state index contributed by atoms with van der Waals surface area (Å²) in [7, 11) is 0. The van der Waals surface area contributed by atoms with Gasteiger partial charge >= 0.3 is 0 Å². The number of rotatable bonds is 5. The third kappa shape index (κ3) is 5.36. The summed E-state index contributed by atoms with van der Waals surface area (Å²) >= 11 is 0. The largest absolute Gasteiger partial charge is 0.393 e. The summed E-state index contributed by atoms with van der Waals surface area (Å²) in [4.78, 5) is 0. The second kappa shape index (κ2) is 10.4. The third-order valence-electron chi connectivity index (χ3n) is 7.89. The fourth-order valence-corrected chi connectivity index (χ4v) is 6.19. The molecule has 3 aliphatic carbocycles. The standard InChI is InChI=1S/C26H40O3.CH4/c1-17(7-5-8-18(2)27)22-12-13-23-21(9-6-14-26(22,23)4)11-10-20-15-24(28)19(3)25(29)16-20;/h5,7,10-11,17-18,22-25,27-29H,3,6,8-9,12-16H2,1-2,4H3;1H4/b7-5+,20-10?,21-11+;/t17-,18?,22-,23?,24-,25?,26?;/m1./s1. The van der Waals surface area contributed by atoms with Crippen LogP contribution in [0.15, 0.2) is 47.6 Å². The van der Waals surface area contributed by atoms with Gasteiger partial charge in [0.1, 0.15) is 0 Å². The van der Waals surface area contributed by atoms with Gasteiger partial charge in [-0.1, -0.05) is 63.3 Å². The summed E-state index contributed by atoms with van der Waals surface area (Å²) in [6.07, 6.45) is 15.6. The fourth-order valence-electron chi connectivity index (χ4n) is 6.19. The van der Waals surface area contributed by atoms with Crippen molar-refractivity contribution in [1.82, 2.24) is 0 Å². The molecule has 3 aliphatic rings. The molecule has 0 aliphatic heterocycles. The van der Waals surface area contributed by atoms with Crippen LogP contribution < -0.4 is 0 Å². The second-order valence-electron chi connectivity index (χ2n) is 10.0. The quantitative estimate of drug-likeness (QED) is 0.502. The Morgan fingerprint density at radius 2 is 1.80 bits per heavy atom. The number of aliphatic hydroxyl groups is 3. The van der Waals surface area contributed by atoms with Crippen molar-refractivity contribution in [2.75, 3.05) is 0 Å². The third-order valence-corrected chi connectivity index (χ3v) is 7.89. The van der Waals surface area contributed by atoms with Crippen LogP contribution in [0.5, 0.6) is 0 Å². The first-order chi connectivity index (χ1) is 13.7. The Balaban J connectivity index is 0.00000320. The van der Waals surface area contributed by atoms with Crippen molar-refractivity contribution in [2.45, 2.75) is 97.9 Å². The van der Waals surface area contributed by atoms with Crippen molar-refractivity contribution in [3.63, 3.8) is 0 Å². The molecule has 3 nitrogen and oxygen atoms in total. The molecule has 0 heterocycles. The second-order valence-corrected chi connectivity index (χ2v) is 10.0. The van der Waals surface area contributed by atoms with Crippen LogP contribution in [0.2, 0.25) is 0 Å². The average Bonchev–Trinajstić information content (AvgIpc) is 3.01. The zero-order chi connectivity index (χ0) is 21.2. The van der Waals surface area contributed by atoms with Crippen LogP contribution in [-0.4, -0.2) is 33.6 Å². The fraction of sp³-hybridized carbons (Fsp3) is 0.704. The zero-order valence-electron chi connectivity index (χ0n) is 18.5. The highest BCUT2D eigenvalue weighted by Crippen LogP contribution is 2.59. The predicted octanol–water partition coefficient (Wildman–Crippen LogP) is 5.73. The molecule has 0 saturated heterocycles. The highest BCUT2D eigenvalue weighted by atomic mass is 16.3. The predicted molar refractivity (Wildman–Crippen MR) is 126 cm³/mol. The first-order valence-electron chi connectivity index (χ1n) is 11.5. The van der Waals surface area contributed by atoms with Gasteiger partial charge in [0.2, 0.25) is 0 Å². The van der Waals surface area contributed by atoms with E-state index in [-0.39, 0.29) is 13.5 Å². The molecular formula is C27H44O3. The highest BCUT2D eigenvalue weighted by Gasteiger charge is 2.50. The van der Waals surface area contributed by atoms with Crippen LogP contribution >= 0.6 is 0 Å². The molecule has 0 aromatic carbocycles. The van der Waals surface area contributed by atoms with Crippen LogP contribution in [0, 0.1) is 23.2 Å². The Bertz CT molecular complexity index is 670. The summed E-state index contributed by atoms with van der Waals surface area (Å²) in [6.45, 7) is 10.5. The van der Waals surface area contributed by atoms with Gasteiger partial charge in [-0.3, -0.25) is 0 Å². The van der Waals surface area contributed by atoms with Gasteiger partial charge in [-0.15, -0.1) is 0 Å². The lowest BCUT2D eigenvalue weighted by atomic mass is 9.61. The lowest BCUT2D eigenvalue weighted by molar-refractivity contribution is 0.112. The topological polar surface area (TPSA) is 60.7 Å². The molecule has 7 atom stereocenters. The zero-order valence-corrected chi connectivity index (χ0v) is 18.5. The molecule has 3 rings (SSSR count). The monoisotopic (exact) mass is 416 g/mol. The van der Waals surface area contributed by atoms with E-state index in [0.29, 0.717) is 41.6 Å². The SMILES string of the molecule is C.C=C1C(O)CC(=C/C=C2\CCCC3(C)C2CC[C@@H]3[C@H](C)/C=C/CC(C)O)C[C@H]1O. The van der Waals surface area contributed by atoms with Crippen LogP contribution in [-0.2, 0) is 0 Å². The van der Waals surface area contributed by atoms with Gasteiger partial charge in [0.05, 0.1) is 18.3 Å². The molecule has 3 heteroatoms. The maximum Gasteiger partial charge on any atom is 0.0809 e. The van der Waals surface area contributed by atoms with E-state index < -0.39 is 12.2 Å². The van der Waals surface area contributed by atoms with Gasteiger partial charge in [0.15, 0.2) is 0 Å². The van der Waals surface area contributed by atoms with Crippen molar-refractivity contribution >= 4 is 0 Å². The Kier molecular flexibility index (Phi) is 8.73. The minimum atomic E-state index is -0.620. The summed E-state index contributed by atoms with van der Waals surface area (Å²) in [5.74, 6) is 1.87. The molecule has 0 aromatic heterocycles. The molecule has 0 aromatic rings. The van der Waals surface area contributed by atoms with Crippen LogP contribution in [0.1, 0.15) is 79.6 Å². The van der Waals surface area contributed by atoms with E-state index in [4.69, 9.17) is 0 Å². The van der Waals surface area contributed by atoms with E-state index in [0.717, 1.165) is 12.0 Å². The highest BCUT2D eigenvalue weighted by molar-refractivity contribution is 5.29. The Morgan fingerprint density at radius 1 is 1.13 bits per heavy atom. The smallest absolute Gasteiger partial charge is 0.0809 e. The van der Waals surface area contributed by atoms with Gasteiger partial charge in [0, 0.05) is 0 Å². The van der Waals surface area contributed by atoms with Gasteiger partial charge < -0.3 is 15.3 Å². The molecule has 170 valence electrons. The molecule has 30 heavy (non-hydrogen) atoms. The lowest BCUT2D eigenvalue weighted by Crippen LogP contribution is -2.35. The summed E-state index contributed by atoms with van der Waals surface area (Å²) in [5.41, 5.74) is 3.58. The minimum Gasteiger partial charge on any atom is -0.393 e. The van der Waals surface area contributed by atoms with Crippen molar-refractivity contribution in [3.8, 4) is 0 Å². The number of aliphatic hydroxyl groups excluding tert-OH is 3. The van der Waals surface area contributed by atoms with Gasteiger partial charge in [-0.05, 0) is 87.0 Å². The molecule has 3 N–H and O–H groups in total. The van der Waals surface area contributed by atoms with E-state index in [9.17, 15) is 15.3 Å². The van der Waals surface area contributed by atoms with E-state index >= 15 is 0 Å². The van der Waals surface area contributed by atoms with Crippen molar-refractivity contribution < 1.29 is 15.3 Å². The molecule has 3 saturated carbocycles. The van der Waals surface area contributed by atoms with Crippen molar-refractivity contribution in [2.24, 2.45) is 23.2 Å². The Morgan fingerprint density at radius 3 is 2.43 bits per heavy atom. The molecule has 0 spiro atoms. The molecule has 0 bridgehead atoms. The van der Waals surface area contributed by atoms with Crippen LogP contribution in [0.4, 0.5) is 0 Å². The maximum absolute atomic E-state index is 10.1. The molecule has 0 amide bonds. The van der Waals surface area contributed by atoms with Crippen LogP contribution in [0.25, 0.3) is 0 Å². The number of fused-ring (bicyclic) bond motifs is 1. The van der Waals surface area contributed by atoms with E-state index in [1.807, 2.05) is 6.92 Å². The van der Waals surface area contributed by atoms with E-state index in [2.05, 4.69) is 44.7 Å². The number of hydrogen-bond acceptors (Lipinski definition) is 3. The summed E-state index contributed by atoms with van der Waals surface area (Å²) in [5, 5.41) is 29.7. The van der Waals surface area contributed by atoms with Crippen LogP contribution in [0.3, 0.4) is 0 Å². The molecule has 0 radical (unpaired) electrons. The Labute approximate surface area is 184 Å². The van der Waals surface area contributed by atoms with Crippen molar-refractivity contribution in [1.29, 1.82) is 0 Å². The van der Waals surface area contributed by atoms with Gasteiger partial charge in [-0.25, -0.2) is 0 Å². The Hall–Kier alpha value is -1.16. The maximum atomic E-state index is 10.1. The first-order valence-corrected chi connectivity index (χ1v) is 11.5. The molecule has 4 unspecified atom stereocenters. The van der Waals surface area contributed by atoms with E-state index in [1.54, 1.807) is 5.57 Å².